The molecule has 0 spiro atoms. The fourth-order valence-corrected chi connectivity index (χ4v) is 4.09. The van der Waals surface area contributed by atoms with Crippen LogP contribution in [0.4, 0.5) is 10.6 Å². The molecule has 2 amide bonds. The number of aromatic nitrogens is 5. The Morgan fingerprint density at radius 2 is 2.00 bits per heavy atom. The number of aryl methyl sites for hydroxylation is 1. The molecular weight excluding hydrogens is 445 g/mol. The van der Waals surface area contributed by atoms with Gasteiger partial charge in [-0.25, -0.2) is 14.2 Å². The van der Waals surface area contributed by atoms with Gasteiger partial charge < -0.3 is 10.4 Å². The molecule has 2 heterocycles. The van der Waals surface area contributed by atoms with Crippen molar-refractivity contribution in [1.29, 1.82) is 0 Å². The van der Waals surface area contributed by atoms with E-state index in [-0.39, 0.29) is 6.04 Å². The molecule has 1 aliphatic rings. The minimum Gasteiger partial charge on any atom is -0.481 e. The van der Waals surface area contributed by atoms with Crippen LogP contribution in [-0.4, -0.2) is 47.9 Å². The first-order valence-corrected chi connectivity index (χ1v) is 10.3. The van der Waals surface area contributed by atoms with Crippen LogP contribution in [0.3, 0.4) is 0 Å². The summed E-state index contributed by atoms with van der Waals surface area (Å²) in [4.78, 5) is 24.1. The number of benzene rings is 1. The number of urea groups is 1. The van der Waals surface area contributed by atoms with Crippen molar-refractivity contribution < 1.29 is 14.7 Å². The molecule has 162 valence electrons. The first-order valence-electron chi connectivity index (χ1n) is 9.50. The molecule has 3 N–H and O–H groups in total. The fourth-order valence-electron chi connectivity index (χ4n) is 3.79. The Hall–Kier alpha value is -3.11. The number of carbonyl (C=O) groups is 2. The number of hydrogen-bond donors (Lipinski definition) is 3. The van der Waals surface area contributed by atoms with Crippen LogP contribution in [-0.2, 0) is 4.79 Å². The second kappa shape index (κ2) is 8.56. The van der Waals surface area contributed by atoms with Gasteiger partial charge in [-0.15, -0.1) is 10.2 Å². The lowest BCUT2D eigenvalue weighted by Crippen LogP contribution is -2.41. The average molecular weight is 464 g/mol. The van der Waals surface area contributed by atoms with E-state index in [4.69, 9.17) is 23.2 Å². The molecule has 1 saturated carbocycles. The smallest absolute Gasteiger partial charge is 0.320 e. The molecule has 1 fully saturated rings. The van der Waals surface area contributed by atoms with Crippen LogP contribution in [0, 0.1) is 12.8 Å². The van der Waals surface area contributed by atoms with E-state index in [1.54, 1.807) is 39.8 Å². The number of amides is 2. The predicted octanol–water partition coefficient (Wildman–Crippen LogP) is 3.31. The number of carboxylic acid groups (broad SMARTS) is 1. The van der Waals surface area contributed by atoms with Crippen molar-refractivity contribution in [3.05, 3.63) is 52.4 Å². The molecule has 4 rings (SSSR count). The Bertz CT molecular complexity index is 1120. The highest BCUT2D eigenvalue weighted by atomic mass is 35.5. The van der Waals surface area contributed by atoms with Gasteiger partial charge >= 0.3 is 12.0 Å². The predicted molar refractivity (Wildman–Crippen MR) is 114 cm³/mol. The summed E-state index contributed by atoms with van der Waals surface area (Å²) in [7, 11) is 0. The largest absolute Gasteiger partial charge is 0.481 e. The maximum absolute atomic E-state index is 12.6. The van der Waals surface area contributed by atoms with Crippen LogP contribution in [0.1, 0.15) is 24.6 Å². The van der Waals surface area contributed by atoms with E-state index in [9.17, 15) is 14.7 Å². The van der Waals surface area contributed by atoms with E-state index in [1.165, 1.54) is 6.20 Å². The molecule has 0 saturated heterocycles. The summed E-state index contributed by atoms with van der Waals surface area (Å²) < 4.78 is 3.21. The third-order valence-electron chi connectivity index (χ3n) is 5.25. The van der Waals surface area contributed by atoms with E-state index in [0.717, 1.165) is 5.69 Å². The van der Waals surface area contributed by atoms with Gasteiger partial charge in [0.25, 0.3) is 0 Å². The Morgan fingerprint density at radius 1 is 1.19 bits per heavy atom. The lowest BCUT2D eigenvalue weighted by molar-refractivity contribution is -0.141. The number of carboxylic acids is 1. The highest BCUT2D eigenvalue weighted by Gasteiger charge is 2.40. The Labute approximate surface area is 187 Å². The summed E-state index contributed by atoms with van der Waals surface area (Å²) in [6, 6.07) is 5.63. The summed E-state index contributed by atoms with van der Waals surface area (Å²) in [5.74, 6) is -1.13. The van der Waals surface area contributed by atoms with Crippen LogP contribution >= 0.6 is 23.2 Å². The number of aliphatic carboxylic acids is 1. The van der Waals surface area contributed by atoms with Crippen molar-refractivity contribution in [2.45, 2.75) is 31.8 Å². The van der Waals surface area contributed by atoms with E-state index >= 15 is 0 Å². The highest BCUT2D eigenvalue weighted by molar-refractivity contribution is 6.42. The number of anilines is 1. The number of rotatable bonds is 5. The molecule has 10 nitrogen and oxygen atoms in total. The van der Waals surface area contributed by atoms with Gasteiger partial charge in [0.2, 0.25) is 0 Å². The zero-order valence-corrected chi connectivity index (χ0v) is 17.9. The summed E-state index contributed by atoms with van der Waals surface area (Å²) in [6.45, 7) is 1.84. The van der Waals surface area contributed by atoms with Gasteiger partial charge in [-0.3, -0.25) is 10.1 Å². The third-order valence-corrected chi connectivity index (χ3v) is 5.99. The second-order valence-electron chi connectivity index (χ2n) is 7.34. The van der Waals surface area contributed by atoms with Gasteiger partial charge in [0.05, 0.1) is 39.9 Å². The number of halogens is 2. The monoisotopic (exact) mass is 463 g/mol. The number of hydrogen-bond acceptors (Lipinski definition) is 5. The number of nitrogens with one attached hydrogen (secondary N) is 2. The summed E-state index contributed by atoms with van der Waals surface area (Å²) in [5.41, 5.74) is 1.48. The summed E-state index contributed by atoms with van der Waals surface area (Å²) in [6.07, 6.45) is 3.83. The van der Waals surface area contributed by atoms with E-state index < -0.39 is 24.0 Å². The van der Waals surface area contributed by atoms with Gasteiger partial charge in [0, 0.05) is 18.0 Å². The standard InChI is InChI=1S/C19H19Cl2N7O3/c1-10-6-17(25-28(10)12-2-3-13(20)14(21)9-12)24-19(31)23-15-7-11(18(29)30)8-16(15)27-5-4-22-26-27/h2-6,9,11,15-16H,7-8H2,1H3,(H,29,30)(H2,23,24,25,31)/t11?,15-,16+/m1/s1. The zero-order chi connectivity index (χ0) is 22.1. The maximum atomic E-state index is 12.6. The second-order valence-corrected chi connectivity index (χ2v) is 8.16. The van der Waals surface area contributed by atoms with Crippen molar-refractivity contribution >= 4 is 41.0 Å². The first-order chi connectivity index (χ1) is 14.8. The van der Waals surface area contributed by atoms with Gasteiger partial charge in [-0.1, -0.05) is 28.4 Å². The maximum Gasteiger partial charge on any atom is 0.320 e. The Morgan fingerprint density at radius 3 is 2.68 bits per heavy atom. The number of carbonyl (C=O) groups excluding carboxylic acids is 1. The average Bonchev–Trinajstić information content (AvgIpc) is 3.44. The molecule has 0 bridgehead atoms. The van der Waals surface area contributed by atoms with E-state index in [2.05, 4.69) is 26.0 Å². The molecule has 0 aliphatic heterocycles. The molecule has 1 aromatic carbocycles. The summed E-state index contributed by atoms with van der Waals surface area (Å²) in [5, 5.41) is 27.9. The molecule has 1 unspecified atom stereocenters. The van der Waals surface area contributed by atoms with Crippen LogP contribution in [0.25, 0.3) is 5.69 Å². The van der Waals surface area contributed by atoms with Gasteiger partial charge in [0.1, 0.15) is 0 Å². The van der Waals surface area contributed by atoms with Gasteiger partial charge in [-0.2, -0.15) is 0 Å². The molecule has 3 atom stereocenters. The molecular formula is C19H19Cl2N7O3. The minimum atomic E-state index is -0.897. The van der Waals surface area contributed by atoms with Crippen molar-refractivity contribution in [1.82, 2.24) is 30.1 Å². The quantitative estimate of drug-likeness (QED) is 0.532. The van der Waals surface area contributed by atoms with Crippen LogP contribution in [0.15, 0.2) is 36.7 Å². The minimum absolute atomic E-state index is 0.296. The lowest BCUT2D eigenvalue weighted by Gasteiger charge is -2.20. The lowest BCUT2D eigenvalue weighted by atomic mass is 10.1. The highest BCUT2D eigenvalue weighted by Crippen LogP contribution is 2.34. The third kappa shape index (κ3) is 4.49. The molecule has 3 aromatic rings. The van der Waals surface area contributed by atoms with Crippen molar-refractivity contribution in [2.24, 2.45) is 5.92 Å². The fraction of sp³-hybridized carbons (Fsp3) is 0.316. The van der Waals surface area contributed by atoms with Gasteiger partial charge in [-0.05, 0) is 38.0 Å². The normalized spacial score (nSPS) is 20.5. The van der Waals surface area contributed by atoms with Crippen molar-refractivity contribution in [3.63, 3.8) is 0 Å². The van der Waals surface area contributed by atoms with Crippen molar-refractivity contribution in [2.75, 3.05) is 5.32 Å². The topological polar surface area (TPSA) is 127 Å². The van der Waals surface area contributed by atoms with E-state index in [1.807, 2.05) is 6.92 Å². The SMILES string of the molecule is Cc1cc(NC(=O)N[C@@H]2CC(C(=O)O)C[C@@H]2n2ccnn2)nn1-c1ccc(Cl)c(Cl)c1. The van der Waals surface area contributed by atoms with Crippen LogP contribution in [0.5, 0.6) is 0 Å². The van der Waals surface area contributed by atoms with Crippen molar-refractivity contribution in [3.8, 4) is 5.69 Å². The Kier molecular flexibility index (Phi) is 5.84. The summed E-state index contributed by atoms with van der Waals surface area (Å²) >= 11 is 12.1. The van der Waals surface area contributed by atoms with E-state index in [0.29, 0.717) is 34.4 Å². The van der Waals surface area contributed by atoms with Gasteiger partial charge in [0.15, 0.2) is 5.82 Å². The molecule has 1 aliphatic carbocycles. The van der Waals surface area contributed by atoms with Crippen LogP contribution < -0.4 is 10.6 Å². The Balaban J connectivity index is 1.47. The van der Waals surface area contributed by atoms with Crippen LogP contribution in [0.2, 0.25) is 10.0 Å². The number of nitrogens with zero attached hydrogens (tertiary/aromatic N) is 5. The first kappa shape index (κ1) is 21.1. The molecule has 0 radical (unpaired) electrons. The molecule has 31 heavy (non-hydrogen) atoms. The zero-order valence-electron chi connectivity index (χ0n) is 16.4. The molecule has 2 aromatic heterocycles. The molecule has 12 heteroatoms.